The van der Waals surface area contributed by atoms with Crippen LogP contribution in [0.15, 0.2) is 27.5 Å². The highest BCUT2D eigenvalue weighted by Gasteiger charge is 2.12. The molecular weight excluding hydrogens is 390 g/mol. The van der Waals surface area contributed by atoms with E-state index in [0.717, 1.165) is 23.5 Å². The second-order valence-corrected chi connectivity index (χ2v) is 7.89. The summed E-state index contributed by atoms with van der Waals surface area (Å²) in [7, 11) is 0. The van der Waals surface area contributed by atoms with E-state index in [0.29, 0.717) is 8.68 Å². The average molecular weight is 390 g/mol. The number of rotatable bonds is 4. The molecule has 1 aromatic rings. The SMILES string of the molecule is N#C/C(Cl)=C(\Cl)Sc1nnc(S/C(Cl)=C(\Cl)C#N)s1. The monoisotopic (exact) mass is 388 g/mol. The molecule has 4 nitrogen and oxygen atoms in total. The first-order valence-electron chi connectivity index (χ1n) is 4.08. The van der Waals surface area contributed by atoms with Crippen molar-refractivity contribution in [3.63, 3.8) is 0 Å². The molecule has 0 saturated heterocycles. The Hall–Kier alpha value is -0.120. The van der Waals surface area contributed by atoms with Crippen molar-refractivity contribution >= 4 is 81.3 Å². The van der Waals surface area contributed by atoms with E-state index in [2.05, 4.69) is 10.2 Å². The highest BCUT2D eigenvalue weighted by atomic mass is 35.5. The van der Waals surface area contributed by atoms with E-state index in [1.54, 1.807) is 12.1 Å². The Morgan fingerprint density at radius 3 is 1.58 bits per heavy atom. The normalized spacial score (nSPS) is 13.2. The van der Waals surface area contributed by atoms with E-state index in [1.807, 2.05) is 0 Å². The van der Waals surface area contributed by atoms with E-state index < -0.39 is 0 Å². The molecule has 1 heterocycles. The predicted octanol–water partition coefficient (Wildman–Crippen LogP) is 5.06. The van der Waals surface area contributed by atoms with E-state index >= 15 is 0 Å². The van der Waals surface area contributed by atoms with Gasteiger partial charge in [0.05, 0.1) is 0 Å². The summed E-state index contributed by atoms with van der Waals surface area (Å²) >= 11 is 25.8. The third kappa shape index (κ3) is 5.41. The molecule has 1 aromatic heterocycles. The Balaban J connectivity index is 2.81. The van der Waals surface area contributed by atoms with Crippen molar-refractivity contribution in [3.05, 3.63) is 18.8 Å². The van der Waals surface area contributed by atoms with Gasteiger partial charge in [-0.25, -0.2) is 0 Å². The Kier molecular flexibility index (Phi) is 7.33. The van der Waals surface area contributed by atoms with Crippen LogP contribution < -0.4 is 0 Å². The summed E-state index contributed by atoms with van der Waals surface area (Å²) in [6.45, 7) is 0. The van der Waals surface area contributed by atoms with E-state index in [4.69, 9.17) is 56.9 Å². The van der Waals surface area contributed by atoms with Gasteiger partial charge in [-0.05, 0) is 23.5 Å². The number of halogens is 4. The summed E-state index contributed by atoms with van der Waals surface area (Å²) in [5.74, 6) is 0. The maximum absolute atomic E-state index is 8.55. The zero-order valence-corrected chi connectivity index (χ0v) is 14.0. The van der Waals surface area contributed by atoms with Gasteiger partial charge < -0.3 is 0 Å². The van der Waals surface area contributed by atoms with E-state index in [9.17, 15) is 0 Å². The molecule has 0 saturated carbocycles. The fourth-order valence-corrected chi connectivity index (χ4v) is 4.16. The molecule has 0 bridgehead atoms. The molecule has 0 spiro atoms. The molecule has 98 valence electrons. The van der Waals surface area contributed by atoms with Crippen molar-refractivity contribution in [1.82, 2.24) is 10.2 Å². The Morgan fingerprint density at radius 1 is 0.895 bits per heavy atom. The Labute approximate surface area is 141 Å². The summed E-state index contributed by atoms with van der Waals surface area (Å²) in [5.41, 5.74) is 0. The lowest BCUT2D eigenvalue weighted by molar-refractivity contribution is 0.957. The summed E-state index contributed by atoms with van der Waals surface area (Å²) in [6.07, 6.45) is 0. The average Bonchev–Trinajstić information content (AvgIpc) is 2.83. The lowest BCUT2D eigenvalue weighted by atomic mass is 10.7. The molecule has 0 N–H and O–H groups in total. The first kappa shape index (κ1) is 16.9. The standard InChI is InChI=1S/C8Cl4N4S3/c9-3(1-13)5(11)17-7-15-16-8(19-7)18-6(12)4(10)2-14/b5-3-,6-4-. The summed E-state index contributed by atoms with van der Waals surface area (Å²) in [6, 6.07) is 3.42. The van der Waals surface area contributed by atoms with Crippen LogP contribution in [0.4, 0.5) is 0 Å². The van der Waals surface area contributed by atoms with Gasteiger partial charge >= 0.3 is 0 Å². The van der Waals surface area contributed by atoms with E-state index in [-0.39, 0.29) is 18.8 Å². The van der Waals surface area contributed by atoms with Crippen molar-refractivity contribution < 1.29 is 0 Å². The Morgan fingerprint density at radius 2 is 1.26 bits per heavy atom. The summed E-state index contributed by atoms with van der Waals surface area (Å²) in [5, 5.41) is 24.5. The fourth-order valence-electron chi connectivity index (χ4n) is 0.610. The zero-order valence-electron chi connectivity index (χ0n) is 8.53. The third-order valence-electron chi connectivity index (χ3n) is 1.28. The minimum absolute atomic E-state index is 0.105. The van der Waals surface area contributed by atoms with Crippen LogP contribution in [0, 0.1) is 22.7 Å². The van der Waals surface area contributed by atoms with Crippen LogP contribution in [0.5, 0.6) is 0 Å². The molecule has 0 fully saturated rings. The van der Waals surface area contributed by atoms with Gasteiger partial charge in [0.25, 0.3) is 0 Å². The Bertz CT molecular complexity index is 572. The van der Waals surface area contributed by atoms with E-state index in [1.165, 1.54) is 11.3 Å². The van der Waals surface area contributed by atoms with Crippen molar-refractivity contribution in [2.45, 2.75) is 8.68 Å². The molecule has 0 amide bonds. The predicted molar refractivity (Wildman–Crippen MR) is 80.3 cm³/mol. The van der Waals surface area contributed by atoms with Crippen molar-refractivity contribution in [1.29, 1.82) is 10.5 Å². The summed E-state index contributed by atoms with van der Waals surface area (Å²) in [4.78, 5) is 0. The lowest BCUT2D eigenvalue weighted by Crippen LogP contribution is -1.73. The molecule has 0 aromatic carbocycles. The van der Waals surface area contributed by atoms with Crippen LogP contribution in [0.25, 0.3) is 0 Å². The third-order valence-corrected chi connectivity index (χ3v) is 5.88. The number of thioether (sulfide) groups is 2. The van der Waals surface area contributed by atoms with Crippen molar-refractivity contribution in [3.8, 4) is 12.1 Å². The maximum Gasteiger partial charge on any atom is 0.180 e. The number of nitrogens with zero attached hydrogens (tertiary/aromatic N) is 4. The van der Waals surface area contributed by atoms with Crippen LogP contribution in [0.2, 0.25) is 0 Å². The molecule has 0 atom stereocenters. The number of allylic oxidation sites excluding steroid dienone is 2. The van der Waals surface area contributed by atoms with Gasteiger partial charge in [0.15, 0.2) is 8.68 Å². The van der Waals surface area contributed by atoms with Crippen LogP contribution >= 0.6 is 81.3 Å². The molecule has 1 rings (SSSR count). The quantitative estimate of drug-likeness (QED) is 0.529. The van der Waals surface area contributed by atoms with Crippen LogP contribution in [0.3, 0.4) is 0 Å². The molecule has 19 heavy (non-hydrogen) atoms. The van der Waals surface area contributed by atoms with Crippen molar-refractivity contribution in [2.24, 2.45) is 0 Å². The first-order valence-corrected chi connectivity index (χ1v) is 8.04. The maximum atomic E-state index is 8.55. The highest BCUT2D eigenvalue weighted by Crippen LogP contribution is 2.40. The largest absolute Gasteiger partial charge is 0.191 e. The van der Waals surface area contributed by atoms with Crippen molar-refractivity contribution in [2.75, 3.05) is 0 Å². The highest BCUT2D eigenvalue weighted by molar-refractivity contribution is 8.08. The van der Waals surface area contributed by atoms with Gasteiger partial charge in [0.2, 0.25) is 0 Å². The first-order chi connectivity index (χ1) is 8.97. The molecule has 0 aliphatic heterocycles. The van der Waals surface area contributed by atoms with Gasteiger partial charge in [-0.1, -0.05) is 57.7 Å². The van der Waals surface area contributed by atoms with Gasteiger partial charge in [-0.2, -0.15) is 10.5 Å². The van der Waals surface area contributed by atoms with Gasteiger partial charge in [0, 0.05) is 0 Å². The zero-order chi connectivity index (χ0) is 14.4. The molecule has 0 aliphatic rings. The molecule has 0 radical (unpaired) electrons. The number of aromatic nitrogens is 2. The minimum atomic E-state index is -0.124. The molecule has 0 aliphatic carbocycles. The van der Waals surface area contributed by atoms with Gasteiger partial charge in [-0.15, -0.1) is 10.2 Å². The second-order valence-electron chi connectivity index (χ2n) is 2.44. The lowest BCUT2D eigenvalue weighted by Gasteiger charge is -1.93. The van der Waals surface area contributed by atoms with Crippen LogP contribution in [0.1, 0.15) is 0 Å². The summed E-state index contributed by atoms with van der Waals surface area (Å²) < 4.78 is 1.18. The fraction of sp³-hybridized carbons (Fsp3) is 0. The second kappa shape index (κ2) is 8.23. The van der Waals surface area contributed by atoms with Gasteiger partial charge in [-0.3, -0.25) is 0 Å². The molecule has 0 unspecified atom stereocenters. The van der Waals surface area contributed by atoms with Crippen LogP contribution in [-0.4, -0.2) is 10.2 Å². The van der Waals surface area contributed by atoms with Crippen LogP contribution in [-0.2, 0) is 0 Å². The topological polar surface area (TPSA) is 73.4 Å². The number of hydrogen-bond acceptors (Lipinski definition) is 7. The van der Waals surface area contributed by atoms with Gasteiger partial charge in [0.1, 0.15) is 30.9 Å². The number of hydrogen-bond donors (Lipinski definition) is 0. The minimum Gasteiger partial charge on any atom is -0.191 e. The number of nitriles is 2. The molecular formula is C8Cl4N4S3. The smallest absolute Gasteiger partial charge is 0.180 e. The molecule has 11 heteroatoms.